The third-order valence-corrected chi connectivity index (χ3v) is 12.1. The number of aliphatic imine (C=N–C) groups is 1. The van der Waals surface area contributed by atoms with Gasteiger partial charge in [0, 0.05) is 79.5 Å². The molecule has 0 unspecified atom stereocenters. The van der Waals surface area contributed by atoms with Gasteiger partial charge in [0.15, 0.2) is 0 Å². The Hall–Kier alpha value is -4.59. The van der Waals surface area contributed by atoms with E-state index < -0.39 is 27.6 Å². The van der Waals surface area contributed by atoms with Crippen LogP contribution in [0.2, 0.25) is 0 Å². The number of carboxylic acids is 1. The average molecular weight is 911 g/mol. The van der Waals surface area contributed by atoms with E-state index in [1.54, 1.807) is 22.8 Å². The van der Waals surface area contributed by atoms with Crippen LogP contribution < -0.4 is 20.3 Å². The summed E-state index contributed by atoms with van der Waals surface area (Å²) in [6.45, 7) is 0.961. The predicted molar refractivity (Wildman–Crippen MR) is 205 cm³/mol. The van der Waals surface area contributed by atoms with E-state index in [0.717, 1.165) is 27.8 Å². The lowest BCUT2D eigenvalue weighted by Crippen LogP contribution is -2.45. The molecule has 2 aliphatic carbocycles. The van der Waals surface area contributed by atoms with Crippen LogP contribution in [0.15, 0.2) is 84.9 Å². The minimum absolute atomic E-state index is 0.0144. The smallest absolute Gasteiger partial charge is 0.475 e. The molecule has 4 aliphatic rings. The number of amides is 1. The van der Waals surface area contributed by atoms with Gasteiger partial charge >= 0.3 is 12.1 Å². The quantitative estimate of drug-likeness (QED) is 0.239. The lowest BCUT2D eigenvalue weighted by Gasteiger charge is -2.41. The summed E-state index contributed by atoms with van der Waals surface area (Å²) in [5.74, 6) is -3.51. The molecule has 2 aliphatic heterocycles. The van der Waals surface area contributed by atoms with Crippen molar-refractivity contribution in [1.29, 1.82) is 0 Å². The second kappa shape index (κ2) is 15.2. The van der Waals surface area contributed by atoms with Gasteiger partial charge in [-0.2, -0.15) is 13.2 Å². The van der Waals surface area contributed by atoms with Gasteiger partial charge in [0.1, 0.15) is 12.2 Å². The van der Waals surface area contributed by atoms with Gasteiger partial charge in [0.25, 0.3) is 0 Å². The van der Waals surface area contributed by atoms with E-state index in [4.69, 9.17) is 14.9 Å². The van der Waals surface area contributed by atoms with E-state index in [1.807, 2.05) is 55.5 Å². The maximum absolute atomic E-state index is 14.1. The number of halogens is 5. The van der Waals surface area contributed by atoms with Crippen LogP contribution in [0, 0.1) is 5.41 Å². The highest BCUT2D eigenvalue weighted by Gasteiger charge is 2.48. The molecule has 2 aromatic carbocycles. The zero-order valence-electron chi connectivity index (χ0n) is 29.2. The van der Waals surface area contributed by atoms with E-state index >= 15 is 0 Å². The number of carbonyl (C=O) groups is 4. The number of anilines is 1. The van der Waals surface area contributed by atoms with Gasteiger partial charge in [-0.05, 0) is 62.4 Å². The normalized spacial score (nSPS) is 17.3. The van der Waals surface area contributed by atoms with Crippen molar-refractivity contribution >= 4 is 87.5 Å². The van der Waals surface area contributed by atoms with Gasteiger partial charge < -0.3 is 25.2 Å². The van der Waals surface area contributed by atoms with Crippen molar-refractivity contribution in [2.75, 3.05) is 45.2 Å². The molecule has 0 saturated carbocycles. The highest BCUT2D eigenvalue weighted by molar-refractivity contribution is 9.13. The number of aliphatic carboxylic acids is 1. The first-order chi connectivity index (χ1) is 25.9. The van der Waals surface area contributed by atoms with Crippen LogP contribution in [0.4, 0.5) is 18.9 Å². The number of allylic oxidation sites excluding steroid dienone is 6. The van der Waals surface area contributed by atoms with Crippen LogP contribution in [-0.2, 0) is 37.4 Å². The molecule has 13 nitrogen and oxygen atoms in total. The molecule has 1 spiro atoms. The first-order valence-corrected chi connectivity index (χ1v) is 19.8. The van der Waals surface area contributed by atoms with Crippen molar-refractivity contribution in [3.8, 4) is 0 Å². The fourth-order valence-electron chi connectivity index (χ4n) is 7.09. The number of benzene rings is 2. The average Bonchev–Trinajstić information content (AvgIpc) is 3.49. The van der Waals surface area contributed by atoms with E-state index in [2.05, 4.69) is 47.2 Å². The highest BCUT2D eigenvalue weighted by Crippen LogP contribution is 2.50. The van der Waals surface area contributed by atoms with Crippen LogP contribution >= 0.6 is 31.9 Å². The first kappa shape index (κ1) is 40.1. The Morgan fingerprint density at radius 2 is 1.69 bits per heavy atom. The molecule has 0 atom stereocenters. The fraction of sp³-hybridized carbons (Fsp3) is 0.306. The molecule has 0 saturated heterocycles. The Balaban J connectivity index is 0.000000672. The number of ketones is 2. The number of nitrogens with one attached hydrogen (secondary N) is 3. The van der Waals surface area contributed by atoms with Gasteiger partial charge in [-0.15, -0.1) is 0 Å². The van der Waals surface area contributed by atoms with Crippen LogP contribution in [0.1, 0.15) is 28.0 Å². The number of fused-ring (bicyclic) bond motifs is 3. The summed E-state index contributed by atoms with van der Waals surface area (Å²) in [7, 11) is -0.0543. The van der Waals surface area contributed by atoms with E-state index in [0.29, 0.717) is 57.4 Å². The lowest BCUT2D eigenvalue weighted by atomic mass is 9.66. The third-order valence-electron chi connectivity index (χ3n) is 9.41. The maximum atomic E-state index is 14.1. The summed E-state index contributed by atoms with van der Waals surface area (Å²) in [5, 5.41) is 14.6. The molecular formula is C36H33Br2F3N6O7S. The van der Waals surface area contributed by atoms with E-state index in [-0.39, 0.29) is 42.0 Å². The van der Waals surface area contributed by atoms with E-state index in [1.165, 1.54) is 0 Å². The number of Topliss-reactive ketones (excluding diaryl/α,β-unsaturated/α-hetero) is 2. The topological polar surface area (TPSA) is 179 Å². The predicted octanol–water partition coefficient (Wildman–Crippen LogP) is 4.35. The largest absolute Gasteiger partial charge is 0.490 e. The number of carbonyl (C=O) groups excluding carboxylic acids is 3. The molecule has 290 valence electrons. The van der Waals surface area contributed by atoms with Gasteiger partial charge in [0.2, 0.25) is 27.5 Å². The zero-order valence-corrected chi connectivity index (χ0v) is 33.2. The summed E-state index contributed by atoms with van der Waals surface area (Å²) in [5.41, 5.74) is 4.12. The Morgan fingerprint density at radius 3 is 2.35 bits per heavy atom. The molecule has 0 fully saturated rings. The number of nitrogens with zero attached hydrogens (tertiary/aromatic N) is 3. The number of hydrogen-bond donors (Lipinski definition) is 4. The van der Waals surface area contributed by atoms with Gasteiger partial charge in [-0.3, -0.25) is 19.4 Å². The summed E-state index contributed by atoms with van der Waals surface area (Å²) < 4.78 is 63.4. The van der Waals surface area contributed by atoms with Crippen molar-refractivity contribution in [3.05, 3.63) is 91.8 Å². The Bertz CT molecular complexity index is 2380. The number of alkyl halides is 3. The molecule has 7 rings (SSSR count). The standard InChI is InChI=1S/C34H32Br2N6O5S.C2HF3O2/c1-41(2)24-7-3-6-21-20(24)5-4-8-25(21)48(46,47)40-14-13-37-26(43)18-42-17-19-9-11-38-29-27(19)31(42)33(45)30-28(29)34(10-12-39-30)15-22(35)32(44)23(36)16-34;3-2(4,5)1(6)7/h3-8,15-17,39-40H,9-14,18H2,1-2H3,(H,37,43);(H,6,7). The summed E-state index contributed by atoms with van der Waals surface area (Å²) in [6.07, 6.45) is 1.75. The van der Waals surface area contributed by atoms with Crippen LogP contribution in [-0.4, -0.2) is 93.7 Å². The monoisotopic (exact) mass is 908 g/mol. The lowest BCUT2D eigenvalue weighted by molar-refractivity contribution is -0.192. The van der Waals surface area contributed by atoms with Crippen molar-refractivity contribution in [1.82, 2.24) is 19.9 Å². The fourth-order valence-corrected chi connectivity index (χ4v) is 9.85. The summed E-state index contributed by atoms with van der Waals surface area (Å²) in [6, 6.07) is 10.7. The molecule has 3 heterocycles. The molecule has 0 radical (unpaired) electrons. The first-order valence-electron chi connectivity index (χ1n) is 16.7. The minimum atomic E-state index is -5.08. The zero-order chi connectivity index (χ0) is 40.0. The molecule has 1 amide bonds. The highest BCUT2D eigenvalue weighted by atomic mass is 79.9. The van der Waals surface area contributed by atoms with Crippen LogP contribution in [0.3, 0.4) is 0 Å². The van der Waals surface area contributed by atoms with Gasteiger partial charge in [-0.1, -0.05) is 36.4 Å². The molecule has 3 aromatic rings. The van der Waals surface area contributed by atoms with Gasteiger partial charge in [0.05, 0.1) is 25.3 Å². The Labute approximate surface area is 329 Å². The molecule has 19 heteroatoms. The number of hydrogen-bond acceptors (Lipinski definition) is 9. The second-order valence-corrected chi connectivity index (χ2v) is 16.6. The summed E-state index contributed by atoms with van der Waals surface area (Å²) >= 11 is 6.84. The molecule has 0 bridgehead atoms. The van der Waals surface area contributed by atoms with Crippen molar-refractivity contribution in [3.63, 3.8) is 0 Å². The van der Waals surface area contributed by atoms with E-state index in [9.17, 15) is 36.0 Å². The number of aromatic nitrogens is 1. The minimum Gasteiger partial charge on any atom is -0.475 e. The number of rotatable bonds is 8. The van der Waals surface area contributed by atoms with Crippen molar-refractivity contribution in [2.24, 2.45) is 10.4 Å². The van der Waals surface area contributed by atoms with Crippen molar-refractivity contribution in [2.45, 2.75) is 30.5 Å². The SMILES string of the molecule is CN(C)c1cccc2c(S(=O)(=O)NCCNC(=O)Cn3cc4c5c3C(=O)C3=C(C5=NCC4)C4(C=C(Br)C(=O)C(Br)=C4)CCN3)cccc12.O=C(O)C(F)(F)F. The number of sulfonamides is 1. The molecule has 1 aromatic heterocycles. The number of carboxylic acid groups (broad SMARTS) is 1. The van der Waals surface area contributed by atoms with Crippen LogP contribution in [0.5, 0.6) is 0 Å². The molecule has 4 N–H and O–H groups in total. The van der Waals surface area contributed by atoms with Crippen molar-refractivity contribution < 1.29 is 45.9 Å². The third kappa shape index (κ3) is 7.66. The van der Waals surface area contributed by atoms with Crippen LogP contribution in [0.25, 0.3) is 10.8 Å². The second-order valence-electron chi connectivity index (χ2n) is 13.2. The summed E-state index contributed by atoms with van der Waals surface area (Å²) in [4.78, 5) is 55.7. The Morgan fingerprint density at radius 1 is 1.04 bits per heavy atom. The van der Waals surface area contributed by atoms with Gasteiger partial charge in [-0.25, -0.2) is 17.9 Å². The molecule has 55 heavy (non-hydrogen) atoms. The molecular weight excluding hydrogens is 877 g/mol. The Kier molecular flexibility index (Phi) is 11.0. The maximum Gasteiger partial charge on any atom is 0.490 e.